The van der Waals surface area contributed by atoms with Crippen molar-refractivity contribution in [3.63, 3.8) is 0 Å². The fraction of sp³-hybridized carbons (Fsp3) is 0.750. The summed E-state index contributed by atoms with van der Waals surface area (Å²) in [4.78, 5) is 11.6. The van der Waals surface area contributed by atoms with Gasteiger partial charge in [-0.2, -0.15) is 0 Å². The molecule has 1 N–H and O–H groups in total. The number of nitrogens with one attached hydrogen (secondary N) is 1. The van der Waals surface area contributed by atoms with Gasteiger partial charge in [-0.3, -0.25) is 4.90 Å². The summed E-state index contributed by atoms with van der Waals surface area (Å²) in [5.41, 5.74) is 1.04. The Labute approximate surface area is 123 Å². The summed E-state index contributed by atoms with van der Waals surface area (Å²) in [6.07, 6.45) is 6.71. The Balaban J connectivity index is 1.91. The molecule has 1 aromatic heterocycles. The Morgan fingerprint density at radius 2 is 2.05 bits per heavy atom. The van der Waals surface area contributed by atoms with Gasteiger partial charge >= 0.3 is 0 Å². The third kappa shape index (κ3) is 4.75. The molecule has 0 saturated heterocycles. The summed E-state index contributed by atoms with van der Waals surface area (Å²) in [5.74, 6) is 2.77. The molecular formula is C16H28N4. The van der Waals surface area contributed by atoms with Crippen LogP contribution in [0.25, 0.3) is 0 Å². The molecule has 0 spiro atoms. The first-order valence-electron chi connectivity index (χ1n) is 7.94. The summed E-state index contributed by atoms with van der Waals surface area (Å²) >= 11 is 0. The molecule has 112 valence electrons. The van der Waals surface area contributed by atoms with E-state index in [9.17, 15) is 0 Å². The predicted molar refractivity (Wildman–Crippen MR) is 83.8 cm³/mol. The lowest BCUT2D eigenvalue weighted by Crippen LogP contribution is -2.25. The van der Waals surface area contributed by atoms with Crippen LogP contribution in [-0.4, -0.2) is 35.0 Å². The highest BCUT2D eigenvalue weighted by Gasteiger charge is 2.17. The Bertz CT molecular complexity index is 413. The molecule has 0 radical (unpaired) electrons. The first-order chi connectivity index (χ1) is 9.67. The van der Waals surface area contributed by atoms with Crippen LogP contribution in [0.3, 0.4) is 0 Å². The third-order valence-electron chi connectivity index (χ3n) is 3.91. The van der Waals surface area contributed by atoms with Crippen molar-refractivity contribution in [1.82, 2.24) is 14.9 Å². The Kier molecular flexibility index (Phi) is 5.77. The van der Waals surface area contributed by atoms with E-state index in [4.69, 9.17) is 0 Å². The Morgan fingerprint density at radius 3 is 2.75 bits per heavy atom. The molecule has 0 aromatic carbocycles. The Hall–Kier alpha value is -1.16. The molecule has 1 heterocycles. The fourth-order valence-electron chi connectivity index (χ4n) is 2.98. The lowest BCUT2D eigenvalue weighted by molar-refractivity contribution is 0.265. The van der Waals surface area contributed by atoms with Crippen molar-refractivity contribution in [2.24, 2.45) is 5.92 Å². The maximum atomic E-state index is 4.62. The first kappa shape index (κ1) is 15.2. The van der Waals surface area contributed by atoms with Crippen LogP contribution < -0.4 is 5.32 Å². The highest BCUT2D eigenvalue weighted by atomic mass is 15.1. The van der Waals surface area contributed by atoms with Gasteiger partial charge in [0.25, 0.3) is 0 Å². The second kappa shape index (κ2) is 7.58. The van der Waals surface area contributed by atoms with Gasteiger partial charge in [0.05, 0.1) is 6.54 Å². The third-order valence-corrected chi connectivity index (χ3v) is 3.91. The van der Waals surface area contributed by atoms with Crippen LogP contribution in [0, 0.1) is 12.8 Å². The zero-order chi connectivity index (χ0) is 14.4. The molecule has 0 atom stereocenters. The van der Waals surface area contributed by atoms with Crippen molar-refractivity contribution in [1.29, 1.82) is 0 Å². The van der Waals surface area contributed by atoms with E-state index in [1.165, 1.54) is 32.2 Å². The molecule has 1 saturated carbocycles. The van der Waals surface area contributed by atoms with E-state index in [-0.39, 0.29) is 0 Å². The average molecular weight is 276 g/mol. The van der Waals surface area contributed by atoms with Crippen molar-refractivity contribution < 1.29 is 0 Å². The standard InChI is InChI=1S/C16H28N4/c1-4-9-17-15-10-13(2)18-16(19-15)12-20(3)11-14-7-5-6-8-14/h10,14H,4-9,11-12H2,1-3H3,(H,17,18,19). The van der Waals surface area contributed by atoms with Gasteiger partial charge in [-0.05, 0) is 39.2 Å². The van der Waals surface area contributed by atoms with E-state index in [1.54, 1.807) is 0 Å². The van der Waals surface area contributed by atoms with Crippen molar-refractivity contribution in [2.45, 2.75) is 52.5 Å². The highest BCUT2D eigenvalue weighted by molar-refractivity contribution is 5.35. The van der Waals surface area contributed by atoms with Crippen molar-refractivity contribution in [3.05, 3.63) is 17.6 Å². The van der Waals surface area contributed by atoms with Crippen molar-refractivity contribution >= 4 is 5.82 Å². The lowest BCUT2D eigenvalue weighted by Gasteiger charge is -2.20. The van der Waals surface area contributed by atoms with Crippen LogP contribution in [0.15, 0.2) is 6.07 Å². The van der Waals surface area contributed by atoms with Gasteiger partial charge in [-0.25, -0.2) is 9.97 Å². The van der Waals surface area contributed by atoms with Crippen LogP contribution in [0.4, 0.5) is 5.82 Å². The SMILES string of the molecule is CCCNc1cc(C)nc(CN(C)CC2CCCC2)n1. The van der Waals surface area contributed by atoms with Gasteiger partial charge in [0.2, 0.25) is 0 Å². The smallest absolute Gasteiger partial charge is 0.144 e. The summed E-state index contributed by atoms with van der Waals surface area (Å²) in [6.45, 7) is 7.19. The molecule has 0 bridgehead atoms. The summed E-state index contributed by atoms with van der Waals surface area (Å²) in [7, 11) is 2.18. The van der Waals surface area contributed by atoms with E-state index >= 15 is 0 Å². The molecule has 1 aromatic rings. The lowest BCUT2D eigenvalue weighted by atomic mass is 10.1. The molecule has 4 nitrogen and oxygen atoms in total. The van der Waals surface area contributed by atoms with E-state index < -0.39 is 0 Å². The molecule has 2 rings (SSSR count). The van der Waals surface area contributed by atoms with Crippen LogP contribution in [0.1, 0.15) is 50.5 Å². The second-order valence-electron chi connectivity index (χ2n) is 6.08. The largest absolute Gasteiger partial charge is 0.370 e. The number of aryl methyl sites for hydroxylation is 1. The average Bonchev–Trinajstić information content (AvgIpc) is 2.88. The summed E-state index contributed by atoms with van der Waals surface area (Å²) in [6, 6.07) is 2.02. The Morgan fingerprint density at radius 1 is 1.30 bits per heavy atom. The number of aromatic nitrogens is 2. The van der Waals surface area contributed by atoms with E-state index in [1.807, 2.05) is 13.0 Å². The maximum Gasteiger partial charge on any atom is 0.144 e. The fourth-order valence-corrected chi connectivity index (χ4v) is 2.98. The van der Waals surface area contributed by atoms with Gasteiger partial charge in [0.1, 0.15) is 11.6 Å². The van der Waals surface area contributed by atoms with E-state index in [2.05, 4.69) is 34.2 Å². The topological polar surface area (TPSA) is 41.1 Å². The molecule has 4 heteroatoms. The van der Waals surface area contributed by atoms with E-state index in [0.717, 1.165) is 42.8 Å². The monoisotopic (exact) mass is 276 g/mol. The highest BCUT2D eigenvalue weighted by Crippen LogP contribution is 2.25. The molecule has 0 amide bonds. The molecule has 1 aliphatic carbocycles. The van der Waals surface area contributed by atoms with Crippen molar-refractivity contribution in [2.75, 3.05) is 25.5 Å². The number of rotatable bonds is 7. The summed E-state index contributed by atoms with van der Waals surface area (Å²) in [5, 5.41) is 3.35. The van der Waals surface area contributed by atoms with Crippen LogP contribution in [0.2, 0.25) is 0 Å². The predicted octanol–water partition coefficient (Wildman–Crippen LogP) is 3.23. The quantitative estimate of drug-likeness (QED) is 0.830. The van der Waals surface area contributed by atoms with Gasteiger partial charge < -0.3 is 5.32 Å². The normalized spacial score (nSPS) is 16.0. The minimum absolute atomic E-state index is 0.846. The first-order valence-corrected chi connectivity index (χ1v) is 7.94. The minimum atomic E-state index is 0.846. The molecule has 20 heavy (non-hydrogen) atoms. The molecular weight excluding hydrogens is 248 g/mol. The molecule has 0 unspecified atom stereocenters. The van der Waals surface area contributed by atoms with Crippen LogP contribution in [-0.2, 0) is 6.54 Å². The van der Waals surface area contributed by atoms with Gasteiger partial charge in [0.15, 0.2) is 0 Å². The maximum absolute atomic E-state index is 4.62. The van der Waals surface area contributed by atoms with Crippen LogP contribution in [0.5, 0.6) is 0 Å². The van der Waals surface area contributed by atoms with Gasteiger partial charge in [-0.1, -0.05) is 19.8 Å². The number of nitrogens with zero attached hydrogens (tertiary/aromatic N) is 3. The number of anilines is 1. The molecule has 0 aliphatic heterocycles. The molecule has 1 aliphatic rings. The van der Waals surface area contributed by atoms with Gasteiger partial charge in [-0.15, -0.1) is 0 Å². The zero-order valence-corrected chi connectivity index (χ0v) is 13.2. The number of hydrogen-bond donors (Lipinski definition) is 1. The van der Waals surface area contributed by atoms with Crippen LogP contribution >= 0.6 is 0 Å². The van der Waals surface area contributed by atoms with E-state index in [0.29, 0.717) is 0 Å². The summed E-state index contributed by atoms with van der Waals surface area (Å²) < 4.78 is 0. The van der Waals surface area contributed by atoms with Crippen molar-refractivity contribution in [3.8, 4) is 0 Å². The zero-order valence-electron chi connectivity index (χ0n) is 13.2. The van der Waals surface area contributed by atoms with Gasteiger partial charge in [0, 0.05) is 24.8 Å². The second-order valence-corrected chi connectivity index (χ2v) is 6.08. The molecule has 1 fully saturated rings. The number of hydrogen-bond acceptors (Lipinski definition) is 4. The minimum Gasteiger partial charge on any atom is -0.370 e.